The number of hydrogen-bond acceptors (Lipinski definition) is 3. The molecule has 0 aromatic carbocycles. The Hall–Kier alpha value is -0.870. The lowest BCUT2D eigenvalue weighted by molar-refractivity contribution is 0.177. The Balaban J connectivity index is 2.32. The minimum Gasteiger partial charge on any atom is -0.334 e. The summed E-state index contributed by atoms with van der Waals surface area (Å²) in [5.74, 6) is 6.92. The van der Waals surface area contributed by atoms with Gasteiger partial charge in [-0.15, -0.1) is 0 Å². The van der Waals surface area contributed by atoms with Gasteiger partial charge >= 0.3 is 0 Å². The van der Waals surface area contributed by atoms with E-state index in [1.807, 2.05) is 12.4 Å². The first-order valence-electron chi connectivity index (χ1n) is 6.74. The Morgan fingerprint density at radius 1 is 1.47 bits per heavy atom. The monoisotopic (exact) mass is 236 g/mol. The maximum absolute atomic E-state index is 5.82. The van der Waals surface area contributed by atoms with Crippen molar-refractivity contribution >= 4 is 0 Å². The van der Waals surface area contributed by atoms with Gasteiger partial charge in [-0.3, -0.25) is 5.84 Å². The standard InChI is InChI=1S/C13H24N4/c1-3-13(7-5-6-8-13)11(16-14)12-15-9-10-17(12)4-2/h9-11,16H,3-8,14H2,1-2H3. The zero-order valence-corrected chi connectivity index (χ0v) is 10.9. The Bertz CT molecular complexity index is 352. The lowest BCUT2D eigenvalue weighted by atomic mass is 9.76. The van der Waals surface area contributed by atoms with E-state index in [0.717, 1.165) is 12.4 Å². The van der Waals surface area contributed by atoms with E-state index in [0.29, 0.717) is 5.41 Å². The number of nitrogens with two attached hydrogens (primary N) is 1. The molecule has 1 aromatic heterocycles. The second kappa shape index (κ2) is 5.19. The second-order valence-electron chi connectivity index (χ2n) is 5.09. The fraction of sp³-hybridized carbons (Fsp3) is 0.769. The molecule has 3 N–H and O–H groups in total. The number of nitrogens with one attached hydrogen (secondary N) is 1. The molecular formula is C13H24N4. The average molecular weight is 236 g/mol. The van der Waals surface area contributed by atoms with E-state index >= 15 is 0 Å². The Morgan fingerprint density at radius 3 is 2.71 bits per heavy atom. The first kappa shape index (κ1) is 12.6. The van der Waals surface area contributed by atoms with Crippen LogP contribution in [-0.4, -0.2) is 9.55 Å². The van der Waals surface area contributed by atoms with Gasteiger partial charge in [0.25, 0.3) is 0 Å². The molecule has 0 bridgehead atoms. The fourth-order valence-electron chi connectivity index (χ4n) is 3.30. The number of imidazole rings is 1. The van der Waals surface area contributed by atoms with Crippen molar-refractivity contribution in [3.63, 3.8) is 0 Å². The van der Waals surface area contributed by atoms with E-state index in [1.165, 1.54) is 32.1 Å². The first-order valence-corrected chi connectivity index (χ1v) is 6.74. The van der Waals surface area contributed by atoms with E-state index in [1.54, 1.807) is 0 Å². The van der Waals surface area contributed by atoms with Gasteiger partial charge < -0.3 is 4.57 Å². The molecule has 0 aliphatic heterocycles. The second-order valence-corrected chi connectivity index (χ2v) is 5.09. The molecule has 1 aliphatic rings. The summed E-state index contributed by atoms with van der Waals surface area (Å²) in [6.07, 6.45) is 10.2. The van der Waals surface area contributed by atoms with Crippen LogP contribution < -0.4 is 11.3 Å². The molecule has 1 unspecified atom stereocenters. The van der Waals surface area contributed by atoms with Gasteiger partial charge in [0.1, 0.15) is 5.82 Å². The van der Waals surface area contributed by atoms with Crippen LogP contribution in [0.1, 0.15) is 57.8 Å². The maximum Gasteiger partial charge on any atom is 0.127 e. The van der Waals surface area contributed by atoms with Gasteiger partial charge in [0.05, 0.1) is 6.04 Å². The van der Waals surface area contributed by atoms with Gasteiger partial charge in [-0.2, -0.15) is 0 Å². The van der Waals surface area contributed by atoms with Crippen molar-refractivity contribution in [3.8, 4) is 0 Å². The third-order valence-electron chi connectivity index (χ3n) is 4.43. The number of aryl methyl sites for hydroxylation is 1. The molecule has 1 saturated carbocycles. The summed E-state index contributed by atoms with van der Waals surface area (Å²) in [6.45, 7) is 5.37. The molecule has 4 nitrogen and oxygen atoms in total. The Labute approximate surface area is 104 Å². The fourth-order valence-corrected chi connectivity index (χ4v) is 3.30. The van der Waals surface area contributed by atoms with Gasteiger partial charge in [-0.25, -0.2) is 10.4 Å². The molecule has 4 heteroatoms. The minimum atomic E-state index is 0.185. The van der Waals surface area contributed by atoms with Crippen molar-refractivity contribution in [2.75, 3.05) is 0 Å². The lowest BCUT2D eigenvalue weighted by Gasteiger charge is -2.36. The smallest absolute Gasteiger partial charge is 0.127 e. The molecule has 0 radical (unpaired) electrons. The number of aromatic nitrogens is 2. The van der Waals surface area contributed by atoms with Crippen molar-refractivity contribution in [1.29, 1.82) is 0 Å². The number of nitrogens with zero attached hydrogens (tertiary/aromatic N) is 2. The summed E-state index contributed by atoms with van der Waals surface area (Å²) in [4.78, 5) is 4.52. The number of hydrazine groups is 1. The normalized spacial score (nSPS) is 20.6. The molecule has 1 aliphatic carbocycles. The van der Waals surface area contributed by atoms with Crippen molar-refractivity contribution in [2.45, 2.75) is 58.5 Å². The molecule has 17 heavy (non-hydrogen) atoms. The molecule has 96 valence electrons. The van der Waals surface area contributed by atoms with Gasteiger partial charge in [0.15, 0.2) is 0 Å². The topological polar surface area (TPSA) is 55.9 Å². The van der Waals surface area contributed by atoms with Crippen LogP contribution in [0.4, 0.5) is 0 Å². The molecular weight excluding hydrogens is 212 g/mol. The average Bonchev–Trinajstić information content (AvgIpc) is 2.99. The van der Waals surface area contributed by atoms with Crippen LogP contribution in [-0.2, 0) is 6.54 Å². The maximum atomic E-state index is 5.82. The highest BCUT2D eigenvalue weighted by atomic mass is 15.3. The summed E-state index contributed by atoms with van der Waals surface area (Å²) in [7, 11) is 0. The summed E-state index contributed by atoms with van der Waals surface area (Å²) >= 11 is 0. The largest absolute Gasteiger partial charge is 0.334 e. The van der Waals surface area contributed by atoms with Gasteiger partial charge in [0.2, 0.25) is 0 Å². The number of rotatable bonds is 5. The van der Waals surface area contributed by atoms with Crippen LogP contribution >= 0.6 is 0 Å². The van der Waals surface area contributed by atoms with Crippen LogP contribution in [0.2, 0.25) is 0 Å². The molecule has 0 amide bonds. The summed E-state index contributed by atoms with van der Waals surface area (Å²) < 4.78 is 2.19. The zero-order valence-electron chi connectivity index (χ0n) is 10.9. The third-order valence-corrected chi connectivity index (χ3v) is 4.43. The molecule has 1 aromatic rings. The van der Waals surface area contributed by atoms with E-state index in [2.05, 4.69) is 28.8 Å². The highest BCUT2D eigenvalue weighted by Gasteiger charge is 2.41. The Kier molecular flexibility index (Phi) is 3.84. The van der Waals surface area contributed by atoms with Crippen molar-refractivity contribution < 1.29 is 0 Å². The Morgan fingerprint density at radius 2 is 2.18 bits per heavy atom. The lowest BCUT2D eigenvalue weighted by Crippen LogP contribution is -2.41. The summed E-state index contributed by atoms with van der Waals surface area (Å²) in [5, 5.41) is 0. The highest BCUT2D eigenvalue weighted by molar-refractivity contribution is 5.07. The third kappa shape index (κ3) is 2.11. The predicted molar refractivity (Wildman–Crippen MR) is 69.2 cm³/mol. The summed E-state index contributed by atoms with van der Waals surface area (Å²) in [6, 6.07) is 0.185. The van der Waals surface area contributed by atoms with Crippen molar-refractivity contribution in [3.05, 3.63) is 18.2 Å². The molecule has 1 heterocycles. The molecule has 1 fully saturated rings. The number of hydrogen-bond donors (Lipinski definition) is 2. The predicted octanol–water partition coefficient (Wildman–Crippen LogP) is 2.38. The van der Waals surface area contributed by atoms with Gasteiger partial charge in [0, 0.05) is 18.9 Å². The quantitative estimate of drug-likeness (QED) is 0.609. The SMILES string of the molecule is CCn1ccnc1C(NN)C1(CC)CCCC1. The summed E-state index contributed by atoms with van der Waals surface area (Å²) in [5.41, 5.74) is 3.33. The first-order chi connectivity index (χ1) is 8.27. The highest BCUT2D eigenvalue weighted by Crippen LogP contribution is 2.49. The molecule has 1 atom stereocenters. The minimum absolute atomic E-state index is 0.185. The van der Waals surface area contributed by atoms with Crippen molar-refractivity contribution in [2.24, 2.45) is 11.3 Å². The molecule has 2 rings (SSSR count). The van der Waals surface area contributed by atoms with E-state index in [4.69, 9.17) is 5.84 Å². The van der Waals surface area contributed by atoms with Crippen LogP contribution in [0.15, 0.2) is 12.4 Å². The zero-order chi connectivity index (χ0) is 12.3. The van der Waals surface area contributed by atoms with E-state index in [-0.39, 0.29) is 6.04 Å². The van der Waals surface area contributed by atoms with Crippen molar-refractivity contribution in [1.82, 2.24) is 15.0 Å². The molecule has 0 spiro atoms. The van der Waals surface area contributed by atoms with Crippen LogP contribution in [0.25, 0.3) is 0 Å². The molecule has 0 saturated heterocycles. The van der Waals surface area contributed by atoms with Crippen LogP contribution in [0.3, 0.4) is 0 Å². The van der Waals surface area contributed by atoms with Crippen LogP contribution in [0.5, 0.6) is 0 Å². The van der Waals surface area contributed by atoms with Gasteiger partial charge in [-0.05, 0) is 31.6 Å². The van der Waals surface area contributed by atoms with E-state index < -0.39 is 0 Å². The van der Waals surface area contributed by atoms with E-state index in [9.17, 15) is 0 Å². The van der Waals surface area contributed by atoms with Crippen LogP contribution in [0, 0.1) is 5.41 Å². The van der Waals surface area contributed by atoms with Gasteiger partial charge in [-0.1, -0.05) is 19.8 Å².